The number of thiophene rings is 1. The fourth-order valence-electron chi connectivity index (χ4n) is 2.83. The highest BCUT2D eigenvalue weighted by Crippen LogP contribution is 2.40. The normalized spacial score (nSPS) is 10.4. The third-order valence-electron chi connectivity index (χ3n) is 4.14. The summed E-state index contributed by atoms with van der Waals surface area (Å²) in [5.74, 6) is -0.777. The van der Waals surface area contributed by atoms with E-state index in [1.54, 1.807) is 30.3 Å². The molecule has 3 rings (SSSR count). The van der Waals surface area contributed by atoms with Crippen molar-refractivity contribution in [2.24, 2.45) is 0 Å². The van der Waals surface area contributed by atoms with Gasteiger partial charge in [0.25, 0.3) is 0 Å². The Morgan fingerprint density at radius 1 is 1.26 bits per heavy atom. The zero-order valence-corrected chi connectivity index (χ0v) is 15.5. The molecule has 1 N–H and O–H groups in total. The van der Waals surface area contributed by atoms with Gasteiger partial charge in [0.2, 0.25) is 5.91 Å². The lowest BCUT2D eigenvalue weighted by atomic mass is 10.1. The topological polar surface area (TPSA) is 90.6 Å². The summed E-state index contributed by atoms with van der Waals surface area (Å²) in [7, 11) is 1.28. The number of aromatic hydroxyl groups is 1. The van der Waals surface area contributed by atoms with E-state index in [4.69, 9.17) is 4.74 Å². The van der Waals surface area contributed by atoms with Crippen molar-refractivity contribution in [3.05, 3.63) is 59.2 Å². The number of nitriles is 1. The molecule has 0 fully saturated rings. The van der Waals surface area contributed by atoms with Gasteiger partial charge in [0.1, 0.15) is 16.3 Å². The van der Waals surface area contributed by atoms with Gasteiger partial charge in [0.05, 0.1) is 25.3 Å². The van der Waals surface area contributed by atoms with Crippen molar-refractivity contribution in [1.82, 2.24) is 0 Å². The summed E-state index contributed by atoms with van der Waals surface area (Å²) in [6, 6.07) is 13.7. The van der Waals surface area contributed by atoms with Gasteiger partial charge < -0.3 is 9.84 Å². The van der Waals surface area contributed by atoms with Crippen LogP contribution in [0.5, 0.6) is 5.75 Å². The number of amides is 1. The van der Waals surface area contributed by atoms with Crippen molar-refractivity contribution in [2.45, 2.75) is 13.5 Å². The van der Waals surface area contributed by atoms with Gasteiger partial charge in [-0.15, -0.1) is 11.3 Å². The number of methoxy groups -OCH3 is 1. The van der Waals surface area contributed by atoms with Crippen LogP contribution >= 0.6 is 11.3 Å². The number of phenols is 1. The van der Waals surface area contributed by atoms with Crippen molar-refractivity contribution >= 4 is 38.3 Å². The molecule has 0 saturated heterocycles. The van der Waals surface area contributed by atoms with Gasteiger partial charge in [-0.3, -0.25) is 9.69 Å². The molecule has 0 atom stereocenters. The third-order valence-corrected chi connectivity index (χ3v) is 5.31. The Morgan fingerprint density at radius 2 is 2.00 bits per heavy atom. The van der Waals surface area contributed by atoms with Crippen molar-refractivity contribution in [3.63, 3.8) is 0 Å². The number of hydrogen-bond acceptors (Lipinski definition) is 6. The largest absolute Gasteiger partial charge is 0.508 e. The first-order valence-electron chi connectivity index (χ1n) is 8.06. The quantitative estimate of drug-likeness (QED) is 0.695. The summed E-state index contributed by atoms with van der Waals surface area (Å²) >= 11 is 1.21. The molecule has 2 aromatic carbocycles. The SMILES string of the molecule is COC(=O)c1c(N(Cc2ccccc2C#N)C(C)=O)sc2cc(O)ccc12. The van der Waals surface area contributed by atoms with Crippen molar-refractivity contribution in [1.29, 1.82) is 5.26 Å². The van der Waals surface area contributed by atoms with Crippen LogP contribution in [-0.4, -0.2) is 24.1 Å². The van der Waals surface area contributed by atoms with Gasteiger partial charge >= 0.3 is 5.97 Å². The molecule has 0 aliphatic rings. The van der Waals surface area contributed by atoms with Crippen LogP contribution in [0.1, 0.15) is 28.4 Å². The lowest BCUT2D eigenvalue weighted by molar-refractivity contribution is -0.116. The zero-order valence-electron chi connectivity index (χ0n) is 14.7. The van der Waals surface area contributed by atoms with E-state index in [2.05, 4.69) is 6.07 Å². The van der Waals surface area contributed by atoms with Crippen LogP contribution in [0.25, 0.3) is 10.1 Å². The maximum Gasteiger partial charge on any atom is 0.341 e. The van der Waals surface area contributed by atoms with Gasteiger partial charge in [0.15, 0.2) is 0 Å². The van der Waals surface area contributed by atoms with E-state index < -0.39 is 5.97 Å². The molecule has 1 aromatic heterocycles. The third kappa shape index (κ3) is 3.48. The Balaban J connectivity index is 2.18. The standard InChI is InChI=1S/C20H16N2O4S/c1-12(23)22(11-14-6-4-3-5-13(14)10-21)19-18(20(25)26-2)16-8-7-15(24)9-17(16)27-19/h3-9,24H,11H2,1-2H3. The highest BCUT2D eigenvalue weighted by atomic mass is 32.1. The van der Waals surface area contributed by atoms with Crippen molar-refractivity contribution < 1.29 is 19.4 Å². The molecular formula is C20H16N2O4S. The average molecular weight is 380 g/mol. The predicted molar refractivity (Wildman–Crippen MR) is 103 cm³/mol. The number of anilines is 1. The Morgan fingerprint density at radius 3 is 2.67 bits per heavy atom. The van der Waals surface area contributed by atoms with Crippen LogP contribution in [0.2, 0.25) is 0 Å². The Labute approximate surface area is 159 Å². The molecule has 0 aliphatic carbocycles. The molecule has 0 radical (unpaired) electrons. The minimum Gasteiger partial charge on any atom is -0.508 e. The molecule has 0 aliphatic heterocycles. The van der Waals surface area contributed by atoms with Crippen LogP contribution < -0.4 is 4.90 Å². The molecule has 0 bridgehead atoms. The summed E-state index contributed by atoms with van der Waals surface area (Å²) in [6.07, 6.45) is 0. The second-order valence-electron chi connectivity index (χ2n) is 5.83. The summed E-state index contributed by atoms with van der Waals surface area (Å²) in [5, 5.41) is 20.1. The summed E-state index contributed by atoms with van der Waals surface area (Å²) in [4.78, 5) is 26.3. The number of benzene rings is 2. The molecule has 0 spiro atoms. The number of carbonyl (C=O) groups is 2. The first kappa shape index (κ1) is 18.4. The average Bonchev–Trinajstić information content (AvgIpc) is 3.03. The highest BCUT2D eigenvalue weighted by molar-refractivity contribution is 7.23. The number of phenolic OH excluding ortho intramolecular Hbond substituents is 1. The number of ether oxygens (including phenoxy) is 1. The van der Waals surface area contributed by atoms with Crippen LogP contribution in [0.15, 0.2) is 42.5 Å². The molecule has 136 valence electrons. The molecule has 27 heavy (non-hydrogen) atoms. The first-order chi connectivity index (χ1) is 13.0. The Bertz CT molecular complexity index is 1080. The summed E-state index contributed by atoms with van der Waals surface area (Å²) in [5.41, 5.74) is 1.40. The number of hydrogen-bond donors (Lipinski definition) is 1. The summed E-state index contributed by atoms with van der Waals surface area (Å²) < 4.78 is 5.57. The van der Waals surface area contributed by atoms with Gasteiger partial charge in [0, 0.05) is 17.0 Å². The fraction of sp³-hybridized carbons (Fsp3) is 0.150. The van der Waals surface area contributed by atoms with E-state index in [-0.39, 0.29) is 23.8 Å². The molecular weight excluding hydrogens is 364 g/mol. The maximum atomic E-state index is 12.4. The molecule has 0 unspecified atom stereocenters. The van der Waals surface area contributed by atoms with Crippen LogP contribution in [-0.2, 0) is 16.1 Å². The smallest absolute Gasteiger partial charge is 0.341 e. The minimum absolute atomic E-state index is 0.0657. The highest BCUT2D eigenvalue weighted by Gasteiger charge is 2.26. The van der Waals surface area contributed by atoms with Gasteiger partial charge in [-0.2, -0.15) is 5.26 Å². The molecule has 6 nitrogen and oxygen atoms in total. The number of rotatable bonds is 4. The van der Waals surface area contributed by atoms with Crippen LogP contribution in [0.3, 0.4) is 0 Å². The lowest BCUT2D eigenvalue weighted by Gasteiger charge is -2.21. The van der Waals surface area contributed by atoms with E-state index in [1.165, 1.54) is 42.4 Å². The maximum absolute atomic E-state index is 12.4. The molecule has 3 aromatic rings. The molecule has 7 heteroatoms. The van der Waals surface area contributed by atoms with E-state index in [0.29, 0.717) is 26.2 Å². The Hall–Kier alpha value is -3.37. The molecule has 0 saturated carbocycles. The molecule has 1 heterocycles. The second kappa shape index (κ2) is 7.48. The van der Waals surface area contributed by atoms with Gasteiger partial charge in [-0.1, -0.05) is 18.2 Å². The minimum atomic E-state index is -0.568. The molecule has 1 amide bonds. The van der Waals surface area contributed by atoms with E-state index in [0.717, 1.165) is 0 Å². The van der Waals surface area contributed by atoms with Crippen molar-refractivity contribution in [2.75, 3.05) is 12.0 Å². The first-order valence-corrected chi connectivity index (χ1v) is 8.87. The number of esters is 1. The predicted octanol–water partition coefficient (Wildman–Crippen LogP) is 3.82. The lowest BCUT2D eigenvalue weighted by Crippen LogP contribution is -2.29. The van der Waals surface area contributed by atoms with Gasteiger partial charge in [-0.05, 0) is 29.8 Å². The zero-order chi connectivity index (χ0) is 19.6. The number of nitrogens with zero attached hydrogens (tertiary/aromatic N) is 2. The van der Waals surface area contributed by atoms with Crippen LogP contribution in [0, 0.1) is 11.3 Å². The van der Waals surface area contributed by atoms with E-state index in [1.807, 2.05) is 0 Å². The fourth-order valence-corrected chi connectivity index (χ4v) is 4.09. The van der Waals surface area contributed by atoms with E-state index in [9.17, 15) is 20.0 Å². The summed E-state index contributed by atoms with van der Waals surface area (Å²) in [6.45, 7) is 1.54. The second-order valence-corrected chi connectivity index (χ2v) is 6.86. The van der Waals surface area contributed by atoms with E-state index >= 15 is 0 Å². The monoisotopic (exact) mass is 380 g/mol. The Kier molecular flexibility index (Phi) is 5.10. The van der Waals surface area contributed by atoms with Crippen LogP contribution in [0.4, 0.5) is 5.00 Å². The number of carbonyl (C=O) groups excluding carboxylic acids is 2. The number of fused-ring (bicyclic) bond motifs is 1. The van der Waals surface area contributed by atoms with Crippen molar-refractivity contribution in [3.8, 4) is 11.8 Å². The van der Waals surface area contributed by atoms with Gasteiger partial charge in [-0.25, -0.2) is 4.79 Å².